The Hall–Kier alpha value is -1.07. The van der Waals surface area contributed by atoms with Crippen molar-refractivity contribution in [2.24, 2.45) is 5.92 Å². The summed E-state index contributed by atoms with van der Waals surface area (Å²) in [5, 5.41) is 8.25. The monoisotopic (exact) mass is 304 g/mol. The van der Waals surface area contributed by atoms with Gasteiger partial charge in [0.25, 0.3) is 0 Å². The van der Waals surface area contributed by atoms with E-state index in [1.807, 2.05) is 0 Å². The Morgan fingerprint density at radius 1 is 1.21 bits per heavy atom. The van der Waals surface area contributed by atoms with Crippen LogP contribution in [0.2, 0.25) is 5.02 Å². The van der Waals surface area contributed by atoms with Gasteiger partial charge in [0.05, 0.1) is 4.90 Å². The van der Waals surface area contributed by atoms with Crippen LogP contribution in [0.4, 0.5) is 0 Å². The molecule has 1 rings (SSSR count). The van der Waals surface area contributed by atoms with E-state index in [1.165, 1.54) is 24.3 Å². The summed E-state index contributed by atoms with van der Waals surface area (Å²) in [6.45, 7) is 3.59. The van der Waals surface area contributed by atoms with Crippen LogP contribution in [0, 0.1) is 5.92 Å². The van der Waals surface area contributed by atoms with Crippen LogP contribution in [0.5, 0.6) is 0 Å². The molecule has 0 aliphatic carbocycles. The molecule has 0 saturated heterocycles. The van der Waals surface area contributed by atoms with Gasteiger partial charge in [-0.2, -0.15) is 0 Å². The van der Waals surface area contributed by atoms with Gasteiger partial charge in [0.1, 0.15) is 0 Å². The molecule has 6 heteroatoms. The van der Waals surface area contributed by atoms with E-state index < -0.39 is 27.0 Å². The van der Waals surface area contributed by atoms with E-state index in [0.29, 0.717) is 17.9 Å². The molecule has 0 saturated carbocycles. The molecule has 0 radical (unpaired) electrons. The van der Waals surface area contributed by atoms with Crippen LogP contribution < -0.4 is 0 Å². The molecular formula is C13H17ClO4S. The van der Waals surface area contributed by atoms with Gasteiger partial charge < -0.3 is 5.11 Å². The average molecular weight is 305 g/mol. The number of rotatable bonds is 6. The molecular weight excluding hydrogens is 288 g/mol. The third kappa shape index (κ3) is 3.48. The van der Waals surface area contributed by atoms with Crippen LogP contribution in [0.3, 0.4) is 0 Å². The fourth-order valence-electron chi connectivity index (χ4n) is 2.08. The fraction of sp³-hybridized carbons (Fsp3) is 0.462. The molecule has 1 atom stereocenters. The zero-order chi connectivity index (χ0) is 14.6. The third-order valence-corrected chi connectivity index (χ3v) is 5.63. The lowest BCUT2D eigenvalue weighted by Crippen LogP contribution is -2.37. The molecule has 0 spiro atoms. The van der Waals surface area contributed by atoms with Gasteiger partial charge in [0.15, 0.2) is 15.1 Å². The maximum Gasteiger partial charge on any atom is 0.322 e. The minimum absolute atomic E-state index is 0.00352. The average Bonchev–Trinajstić information content (AvgIpc) is 2.35. The molecule has 0 bridgehead atoms. The van der Waals surface area contributed by atoms with Crippen molar-refractivity contribution >= 4 is 27.4 Å². The second-order valence-corrected chi connectivity index (χ2v) is 6.84. The minimum atomic E-state index is -3.90. The lowest BCUT2D eigenvalue weighted by atomic mass is 9.99. The number of benzene rings is 1. The molecule has 0 aromatic heterocycles. The van der Waals surface area contributed by atoms with Crippen LogP contribution in [-0.2, 0) is 14.6 Å². The zero-order valence-corrected chi connectivity index (χ0v) is 12.4. The lowest BCUT2D eigenvalue weighted by Gasteiger charge is -2.21. The van der Waals surface area contributed by atoms with E-state index in [4.69, 9.17) is 11.6 Å². The molecule has 0 aliphatic rings. The van der Waals surface area contributed by atoms with Crippen molar-refractivity contribution in [3.05, 3.63) is 29.3 Å². The highest BCUT2D eigenvalue weighted by Gasteiger charge is 2.38. The van der Waals surface area contributed by atoms with Gasteiger partial charge in [-0.3, -0.25) is 4.79 Å². The topological polar surface area (TPSA) is 71.4 Å². The van der Waals surface area contributed by atoms with Gasteiger partial charge >= 0.3 is 5.97 Å². The number of sulfone groups is 1. The van der Waals surface area contributed by atoms with Crippen molar-refractivity contribution in [3.63, 3.8) is 0 Å². The van der Waals surface area contributed by atoms with E-state index in [2.05, 4.69) is 0 Å². The van der Waals surface area contributed by atoms with Gasteiger partial charge in [-0.1, -0.05) is 38.3 Å². The number of hydrogen-bond donors (Lipinski definition) is 1. The molecule has 0 amide bonds. The quantitative estimate of drug-likeness (QED) is 0.877. The summed E-state index contributed by atoms with van der Waals surface area (Å²) >= 11 is 5.71. The summed E-state index contributed by atoms with van der Waals surface area (Å²) in [6, 6.07) is 5.58. The standard InChI is InChI=1S/C13H17ClO4S/c1-3-9(4-2)12(13(15)16)19(17,18)11-7-5-10(14)6-8-11/h5-9,12H,3-4H2,1-2H3,(H,15,16). The first-order valence-corrected chi connectivity index (χ1v) is 7.99. The van der Waals surface area contributed by atoms with Crippen LogP contribution in [0.15, 0.2) is 29.2 Å². The summed E-state index contributed by atoms with van der Waals surface area (Å²) in [4.78, 5) is 11.3. The minimum Gasteiger partial charge on any atom is -0.480 e. The summed E-state index contributed by atoms with van der Waals surface area (Å²) < 4.78 is 24.8. The highest BCUT2D eigenvalue weighted by molar-refractivity contribution is 7.92. The number of carboxylic acids is 1. The Morgan fingerprint density at radius 2 is 1.68 bits per heavy atom. The van der Waals surface area contributed by atoms with Gasteiger partial charge in [0.2, 0.25) is 0 Å². The highest BCUT2D eigenvalue weighted by Crippen LogP contribution is 2.27. The fourth-order valence-corrected chi connectivity index (χ4v) is 4.17. The number of halogens is 1. The van der Waals surface area contributed by atoms with Crippen molar-refractivity contribution in [3.8, 4) is 0 Å². The number of carboxylic acid groups (broad SMARTS) is 1. The van der Waals surface area contributed by atoms with Gasteiger partial charge in [0, 0.05) is 5.02 Å². The first-order chi connectivity index (χ1) is 8.84. The molecule has 19 heavy (non-hydrogen) atoms. The second-order valence-electron chi connectivity index (χ2n) is 4.33. The molecule has 4 nitrogen and oxygen atoms in total. The van der Waals surface area contributed by atoms with Crippen molar-refractivity contribution in [2.75, 3.05) is 0 Å². The number of hydrogen-bond acceptors (Lipinski definition) is 3. The zero-order valence-electron chi connectivity index (χ0n) is 10.8. The Balaban J connectivity index is 3.28. The smallest absolute Gasteiger partial charge is 0.322 e. The van der Waals surface area contributed by atoms with E-state index in [1.54, 1.807) is 13.8 Å². The highest BCUT2D eigenvalue weighted by atomic mass is 35.5. The van der Waals surface area contributed by atoms with Crippen molar-refractivity contribution < 1.29 is 18.3 Å². The molecule has 1 unspecified atom stereocenters. The Morgan fingerprint density at radius 3 is 2.05 bits per heavy atom. The summed E-state index contributed by atoms with van der Waals surface area (Å²) in [7, 11) is -3.90. The Bertz CT molecular complexity index is 532. The number of carbonyl (C=O) groups is 1. The maximum atomic E-state index is 12.4. The van der Waals surface area contributed by atoms with Crippen molar-refractivity contribution in [1.29, 1.82) is 0 Å². The van der Waals surface area contributed by atoms with Crippen LogP contribution >= 0.6 is 11.6 Å². The van der Waals surface area contributed by atoms with Crippen molar-refractivity contribution in [1.82, 2.24) is 0 Å². The summed E-state index contributed by atoms with van der Waals surface area (Å²) in [5.41, 5.74) is 0. The molecule has 106 valence electrons. The number of aliphatic carboxylic acids is 1. The normalized spacial score (nSPS) is 13.5. The molecule has 0 aliphatic heterocycles. The first-order valence-electron chi connectivity index (χ1n) is 6.06. The molecule has 1 N–H and O–H groups in total. The first kappa shape index (κ1) is 16.0. The van der Waals surface area contributed by atoms with E-state index in [-0.39, 0.29) is 4.90 Å². The molecule has 0 heterocycles. The van der Waals surface area contributed by atoms with Crippen molar-refractivity contribution in [2.45, 2.75) is 36.8 Å². The van der Waals surface area contributed by atoms with E-state index in [0.717, 1.165) is 0 Å². The SMILES string of the molecule is CCC(CC)C(C(=O)O)S(=O)(=O)c1ccc(Cl)cc1. The lowest BCUT2D eigenvalue weighted by molar-refractivity contribution is -0.137. The second kappa shape index (κ2) is 6.39. The van der Waals surface area contributed by atoms with Gasteiger partial charge in [-0.15, -0.1) is 0 Å². The van der Waals surface area contributed by atoms with Crippen LogP contribution in [-0.4, -0.2) is 24.7 Å². The largest absolute Gasteiger partial charge is 0.480 e. The van der Waals surface area contributed by atoms with Crippen LogP contribution in [0.25, 0.3) is 0 Å². The Labute approximate surface area is 118 Å². The van der Waals surface area contributed by atoms with E-state index >= 15 is 0 Å². The van der Waals surface area contributed by atoms with E-state index in [9.17, 15) is 18.3 Å². The van der Waals surface area contributed by atoms with Gasteiger partial charge in [-0.05, 0) is 30.2 Å². The molecule has 1 aromatic carbocycles. The summed E-state index contributed by atoms with van der Waals surface area (Å²) in [6.07, 6.45) is 1.00. The third-order valence-electron chi connectivity index (χ3n) is 3.20. The predicted molar refractivity (Wildman–Crippen MR) is 74.1 cm³/mol. The van der Waals surface area contributed by atoms with Gasteiger partial charge in [-0.25, -0.2) is 8.42 Å². The van der Waals surface area contributed by atoms with Crippen LogP contribution in [0.1, 0.15) is 26.7 Å². The molecule has 1 aromatic rings. The molecule has 0 fully saturated rings. The predicted octanol–water partition coefficient (Wildman–Crippen LogP) is 3.00. The summed E-state index contributed by atoms with van der Waals surface area (Å²) in [5.74, 6) is -1.71. The maximum absolute atomic E-state index is 12.4. The Kier molecular flexibility index (Phi) is 5.38.